The van der Waals surface area contributed by atoms with E-state index in [1.807, 2.05) is 12.1 Å². The molecular formula is C22H28N2O3. The molecule has 27 heavy (non-hydrogen) atoms. The van der Waals surface area contributed by atoms with Crippen LogP contribution in [-0.2, 0) is 4.79 Å². The highest BCUT2D eigenvalue weighted by Gasteiger charge is 2.63. The lowest BCUT2D eigenvalue weighted by Gasteiger charge is -2.62. The molecule has 4 atom stereocenters. The zero-order chi connectivity index (χ0) is 18.8. The van der Waals surface area contributed by atoms with Crippen molar-refractivity contribution in [3.8, 4) is 0 Å². The number of hydroxylamine groups is 1. The second-order valence-electron chi connectivity index (χ2n) is 9.58. The van der Waals surface area contributed by atoms with Gasteiger partial charge in [0.15, 0.2) is 0 Å². The zero-order valence-electron chi connectivity index (χ0n) is 15.6. The second kappa shape index (κ2) is 6.06. The number of nitrogens with two attached hydrogens (primary N) is 1. The van der Waals surface area contributed by atoms with Crippen LogP contribution in [0, 0.1) is 35.0 Å². The van der Waals surface area contributed by atoms with Crippen molar-refractivity contribution in [1.29, 1.82) is 0 Å². The van der Waals surface area contributed by atoms with Crippen molar-refractivity contribution >= 4 is 11.8 Å². The molecule has 0 spiro atoms. The normalized spacial score (nSPS) is 37.8. The highest BCUT2D eigenvalue weighted by atomic mass is 16.5. The van der Waals surface area contributed by atoms with E-state index in [9.17, 15) is 9.59 Å². The first-order valence-corrected chi connectivity index (χ1v) is 10.4. The number of hydrogen-bond donors (Lipinski definition) is 3. The van der Waals surface area contributed by atoms with Crippen molar-refractivity contribution in [3.63, 3.8) is 0 Å². The lowest BCUT2D eigenvalue weighted by molar-refractivity contribution is -0.160. The molecule has 5 nitrogen and oxygen atoms in total. The van der Waals surface area contributed by atoms with E-state index in [-0.39, 0.29) is 11.3 Å². The summed E-state index contributed by atoms with van der Waals surface area (Å²) < 4.78 is 0. The van der Waals surface area contributed by atoms with Crippen LogP contribution in [0.15, 0.2) is 24.3 Å². The minimum absolute atomic E-state index is 0.0754. The van der Waals surface area contributed by atoms with Crippen LogP contribution in [-0.4, -0.2) is 17.0 Å². The molecule has 144 valence electrons. The van der Waals surface area contributed by atoms with Crippen molar-refractivity contribution in [2.24, 2.45) is 40.7 Å². The fraction of sp³-hybridized carbons (Fsp3) is 0.636. The first-order chi connectivity index (χ1) is 13.0. The van der Waals surface area contributed by atoms with E-state index in [2.05, 4.69) is 0 Å². The first-order valence-electron chi connectivity index (χ1n) is 10.4. The molecule has 3 unspecified atom stereocenters. The molecular weight excluding hydrogens is 340 g/mol. The van der Waals surface area contributed by atoms with E-state index in [0.29, 0.717) is 41.1 Å². The third kappa shape index (κ3) is 2.62. The minimum Gasteiger partial charge on any atom is -0.369 e. The Balaban J connectivity index is 1.53. The van der Waals surface area contributed by atoms with Crippen LogP contribution in [0.25, 0.3) is 0 Å². The van der Waals surface area contributed by atoms with E-state index in [1.54, 1.807) is 17.6 Å². The van der Waals surface area contributed by atoms with Crippen LogP contribution in [0.2, 0.25) is 0 Å². The van der Waals surface area contributed by atoms with Crippen LogP contribution in [0.4, 0.5) is 0 Å². The first kappa shape index (κ1) is 17.2. The van der Waals surface area contributed by atoms with Gasteiger partial charge in [0.25, 0.3) is 5.91 Å². The molecule has 0 radical (unpaired) electrons. The van der Waals surface area contributed by atoms with Crippen molar-refractivity contribution in [3.05, 3.63) is 35.4 Å². The van der Waals surface area contributed by atoms with Crippen LogP contribution < -0.4 is 11.2 Å². The molecule has 2 amide bonds. The smallest absolute Gasteiger partial charge is 0.274 e. The summed E-state index contributed by atoms with van der Waals surface area (Å²) in [6, 6.07) is 7.60. The molecule has 4 N–H and O–H groups in total. The minimum atomic E-state index is -0.493. The summed E-state index contributed by atoms with van der Waals surface area (Å²) in [6.45, 7) is 0. The molecule has 5 heteroatoms. The lowest BCUT2D eigenvalue weighted by Crippen LogP contribution is -2.59. The van der Waals surface area contributed by atoms with Gasteiger partial charge in [-0.15, -0.1) is 0 Å². The van der Waals surface area contributed by atoms with Crippen molar-refractivity contribution in [2.75, 3.05) is 0 Å². The highest BCUT2D eigenvalue weighted by Crippen LogP contribution is 2.68. The van der Waals surface area contributed by atoms with Gasteiger partial charge in [-0.2, -0.15) is 0 Å². The van der Waals surface area contributed by atoms with Crippen molar-refractivity contribution in [1.82, 2.24) is 5.48 Å². The Labute approximate surface area is 159 Å². The van der Waals surface area contributed by atoms with Gasteiger partial charge in [0.05, 0.1) is 5.41 Å². The molecule has 4 bridgehead atoms. The Morgan fingerprint density at radius 1 is 1.07 bits per heavy atom. The average molecular weight is 368 g/mol. The third-order valence-corrected chi connectivity index (χ3v) is 8.06. The van der Waals surface area contributed by atoms with Crippen molar-refractivity contribution in [2.45, 2.75) is 50.9 Å². The Bertz CT molecular complexity index is 756. The maximum Gasteiger partial charge on any atom is 0.274 e. The maximum atomic E-state index is 12.8. The molecule has 0 aliphatic heterocycles. The molecule has 5 fully saturated rings. The van der Waals surface area contributed by atoms with E-state index in [1.165, 1.54) is 37.7 Å². The van der Waals surface area contributed by atoms with Crippen LogP contribution in [0.3, 0.4) is 0 Å². The Kier molecular flexibility index (Phi) is 3.87. The van der Waals surface area contributed by atoms with Gasteiger partial charge in [0.2, 0.25) is 5.91 Å². The molecule has 6 rings (SSSR count). The molecule has 1 aromatic carbocycles. The van der Waals surface area contributed by atoms with Crippen molar-refractivity contribution < 1.29 is 14.8 Å². The molecule has 0 heterocycles. The van der Waals surface area contributed by atoms with Gasteiger partial charge in [-0.25, -0.2) is 5.48 Å². The molecule has 0 aromatic heterocycles. The molecule has 5 aliphatic carbocycles. The number of carbonyl (C=O) groups is 2. The van der Waals surface area contributed by atoms with E-state index < -0.39 is 5.91 Å². The molecule has 5 saturated carbocycles. The number of rotatable bonds is 5. The van der Waals surface area contributed by atoms with Crippen LogP contribution in [0.1, 0.15) is 66.8 Å². The van der Waals surface area contributed by atoms with Crippen LogP contribution in [0.5, 0.6) is 0 Å². The number of primary amides is 1. The standard InChI is InChI=1S/C22H28N2O3/c23-21(26)22-10-12-7-13(11-22)9-17(8-12)19(22)18(14-1-2-14)15-3-5-16(6-4-15)20(25)24-27/h3-6,12-14,17-19,27H,1-2,7-11H2,(H2,23,26)(H,24,25)/t12?,13?,17?,18-,19?,22?/m1/s1. The zero-order valence-corrected chi connectivity index (χ0v) is 15.6. The topological polar surface area (TPSA) is 92.4 Å². The van der Waals surface area contributed by atoms with Gasteiger partial charge in [-0.1, -0.05) is 12.1 Å². The summed E-state index contributed by atoms with van der Waals surface area (Å²) >= 11 is 0. The Morgan fingerprint density at radius 3 is 2.22 bits per heavy atom. The monoisotopic (exact) mass is 368 g/mol. The van der Waals surface area contributed by atoms with Gasteiger partial charge in [-0.3, -0.25) is 14.8 Å². The largest absolute Gasteiger partial charge is 0.369 e. The summed E-state index contributed by atoms with van der Waals surface area (Å²) in [5.41, 5.74) is 9.12. The summed E-state index contributed by atoms with van der Waals surface area (Å²) in [5.74, 6) is 2.72. The van der Waals surface area contributed by atoms with E-state index in [0.717, 1.165) is 12.8 Å². The van der Waals surface area contributed by atoms with Gasteiger partial charge in [0.1, 0.15) is 0 Å². The fourth-order valence-corrected chi connectivity index (χ4v) is 7.23. The third-order valence-electron chi connectivity index (χ3n) is 8.06. The molecule has 1 aromatic rings. The Hall–Kier alpha value is -1.88. The number of amides is 2. The summed E-state index contributed by atoms with van der Waals surface area (Å²) in [7, 11) is 0. The van der Waals surface area contributed by atoms with Gasteiger partial charge in [-0.05, 0) is 98.1 Å². The highest BCUT2D eigenvalue weighted by molar-refractivity contribution is 5.93. The number of benzene rings is 1. The van der Waals surface area contributed by atoms with Crippen LogP contribution >= 0.6 is 0 Å². The van der Waals surface area contributed by atoms with Gasteiger partial charge in [0, 0.05) is 5.56 Å². The number of hydrogen-bond acceptors (Lipinski definition) is 3. The maximum absolute atomic E-state index is 12.8. The lowest BCUT2D eigenvalue weighted by atomic mass is 9.42. The van der Waals surface area contributed by atoms with E-state index >= 15 is 0 Å². The summed E-state index contributed by atoms with van der Waals surface area (Å²) in [6.07, 6.45) is 8.19. The second-order valence-corrected chi connectivity index (χ2v) is 9.58. The fourth-order valence-electron chi connectivity index (χ4n) is 7.23. The summed E-state index contributed by atoms with van der Waals surface area (Å²) in [4.78, 5) is 24.4. The van der Waals surface area contributed by atoms with Gasteiger partial charge < -0.3 is 5.73 Å². The number of carbonyl (C=O) groups excluding carboxylic acids is 2. The molecule has 0 saturated heterocycles. The quantitative estimate of drug-likeness (QED) is 0.550. The Morgan fingerprint density at radius 2 is 1.70 bits per heavy atom. The van der Waals surface area contributed by atoms with E-state index in [4.69, 9.17) is 10.9 Å². The SMILES string of the molecule is NC(=O)C12CC3CC(CC(C3)C1[C@@H](c1ccc(C(=O)NO)cc1)C1CC1)C2. The number of nitrogens with one attached hydrogen (secondary N) is 1. The molecule has 5 aliphatic rings. The summed E-state index contributed by atoms with van der Waals surface area (Å²) in [5, 5.41) is 8.85. The predicted molar refractivity (Wildman–Crippen MR) is 99.8 cm³/mol. The average Bonchev–Trinajstić information content (AvgIpc) is 3.48. The van der Waals surface area contributed by atoms with Gasteiger partial charge >= 0.3 is 0 Å². The predicted octanol–water partition coefficient (Wildman–Crippen LogP) is 3.23.